The molecule has 0 aliphatic rings. The van der Waals surface area contributed by atoms with Crippen LogP contribution in [0.15, 0.2) is 24.4 Å². The summed E-state index contributed by atoms with van der Waals surface area (Å²) in [6.45, 7) is 1.82. The van der Waals surface area contributed by atoms with Gasteiger partial charge in [0.15, 0.2) is 5.78 Å². The van der Waals surface area contributed by atoms with Crippen molar-refractivity contribution in [3.05, 3.63) is 52.1 Å². The van der Waals surface area contributed by atoms with E-state index in [9.17, 15) is 9.18 Å². The Morgan fingerprint density at radius 2 is 2.22 bits per heavy atom. The second-order valence-electron chi connectivity index (χ2n) is 4.12. The summed E-state index contributed by atoms with van der Waals surface area (Å²) in [5, 5.41) is 4.07. The summed E-state index contributed by atoms with van der Waals surface area (Å²) < 4.78 is 14.9. The van der Waals surface area contributed by atoms with E-state index in [2.05, 4.69) is 5.10 Å². The number of carbonyl (C=O) groups is 1. The Kier molecular flexibility index (Phi) is 3.48. The van der Waals surface area contributed by atoms with E-state index in [0.717, 1.165) is 5.69 Å². The molecule has 1 heterocycles. The molecule has 2 rings (SSSR count). The van der Waals surface area contributed by atoms with Crippen LogP contribution in [0.25, 0.3) is 0 Å². The molecular weight excluding hydrogens is 255 g/mol. The average Bonchev–Trinajstić information content (AvgIpc) is 2.65. The van der Waals surface area contributed by atoms with E-state index in [-0.39, 0.29) is 17.2 Å². The molecule has 0 bridgehead atoms. The van der Waals surface area contributed by atoms with Gasteiger partial charge < -0.3 is 0 Å². The van der Waals surface area contributed by atoms with Crippen LogP contribution in [0.2, 0.25) is 5.02 Å². The van der Waals surface area contributed by atoms with Crippen LogP contribution in [0.5, 0.6) is 0 Å². The lowest BCUT2D eigenvalue weighted by Crippen LogP contribution is -2.05. The van der Waals surface area contributed by atoms with Crippen molar-refractivity contribution < 1.29 is 9.18 Å². The maximum absolute atomic E-state index is 13.3. The largest absolute Gasteiger partial charge is 0.294 e. The maximum atomic E-state index is 13.3. The molecule has 0 unspecified atom stereocenters. The third-order valence-corrected chi connectivity index (χ3v) is 3.19. The number of benzene rings is 1. The molecule has 2 aromatic rings. The van der Waals surface area contributed by atoms with Crippen molar-refractivity contribution >= 4 is 17.4 Å². The van der Waals surface area contributed by atoms with Crippen LogP contribution in [-0.2, 0) is 13.5 Å². The number of ketones is 1. The van der Waals surface area contributed by atoms with E-state index in [1.807, 2.05) is 6.92 Å². The van der Waals surface area contributed by atoms with Crippen molar-refractivity contribution in [2.45, 2.75) is 13.3 Å². The average molecular weight is 267 g/mol. The van der Waals surface area contributed by atoms with E-state index in [1.165, 1.54) is 18.3 Å². The lowest BCUT2D eigenvalue weighted by atomic mass is 10.0. The zero-order valence-corrected chi connectivity index (χ0v) is 10.8. The van der Waals surface area contributed by atoms with Gasteiger partial charge in [-0.3, -0.25) is 9.48 Å². The number of aryl methyl sites for hydroxylation is 1. The van der Waals surface area contributed by atoms with Crippen molar-refractivity contribution in [2.24, 2.45) is 7.05 Å². The number of aromatic nitrogens is 2. The summed E-state index contributed by atoms with van der Waals surface area (Å²) in [6, 6.07) is 4.39. The molecule has 5 heteroatoms. The number of hydrogen-bond donors (Lipinski definition) is 0. The molecule has 0 spiro atoms. The fourth-order valence-electron chi connectivity index (χ4n) is 1.70. The zero-order chi connectivity index (χ0) is 13.3. The lowest BCUT2D eigenvalue weighted by Gasteiger charge is -2.02. The van der Waals surface area contributed by atoms with Gasteiger partial charge in [0.05, 0.1) is 16.8 Å². The third kappa shape index (κ3) is 2.43. The zero-order valence-electron chi connectivity index (χ0n) is 10.1. The first kappa shape index (κ1) is 12.8. The van der Waals surface area contributed by atoms with Gasteiger partial charge in [0.2, 0.25) is 0 Å². The molecule has 0 aliphatic carbocycles. The molecule has 0 amide bonds. The van der Waals surface area contributed by atoms with E-state index in [0.29, 0.717) is 11.1 Å². The molecule has 94 valence electrons. The summed E-state index contributed by atoms with van der Waals surface area (Å²) in [4.78, 5) is 12.0. The number of carbonyl (C=O) groups excluding carboxylic acids is 1. The highest BCUT2D eigenvalue weighted by atomic mass is 35.5. The Morgan fingerprint density at radius 1 is 1.50 bits per heavy atom. The van der Waals surface area contributed by atoms with Crippen LogP contribution in [0.1, 0.15) is 21.6 Å². The molecule has 0 atom stereocenters. The fourth-order valence-corrected chi connectivity index (χ4v) is 1.82. The van der Waals surface area contributed by atoms with Crippen LogP contribution in [0, 0.1) is 12.7 Å². The Balaban J connectivity index is 2.21. The minimum atomic E-state index is -0.509. The monoisotopic (exact) mass is 266 g/mol. The Labute approximate surface area is 109 Å². The summed E-state index contributed by atoms with van der Waals surface area (Å²) >= 11 is 5.59. The van der Waals surface area contributed by atoms with Gasteiger partial charge in [-0.15, -0.1) is 0 Å². The topological polar surface area (TPSA) is 34.9 Å². The van der Waals surface area contributed by atoms with Gasteiger partial charge in [0.1, 0.15) is 5.82 Å². The van der Waals surface area contributed by atoms with E-state index in [4.69, 9.17) is 11.6 Å². The number of hydrogen-bond acceptors (Lipinski definition) is 2. The van der Waals surface area contributed by atoms with Gasteiger partial charge in [-0.2, -0.15) is 5.10 Å². The summed E-state index contributed by atoms with van der Waals surface area (Å²) in [5.74, 6) is -0.591. The normalized spacial score (nSPS) is 10.7. The molecule has 0 saturated carbocycles. The first-order valence-corrected chi connectivity index (χ1v) is 5.82. The Morgan fingerprint density at radius 3 is 2.78 bits per heavy atom. The fraction of sp³-hybridized carbons (Fsp3) is 0.231. The molecule has 0 radical (unpaired) electrons. The maximum Gasteiger partial charge on any atom is 0.170 e. The predicted molar refractivity (Wildman–Crippen MR) is 67.4 cm³/mol. The van der Waals surface area contributed by atoms with Crippen LogP contribution >= 0.6 is 11.6 Å². The van der Waals surface area contributed by atoms with Crippen molar-refractivity contribution in [3.63, 3.8) is 0 Å². The molecule has 0 fully saturated rings. The van der Waals surface area contributed by atoms with Gasteiger partial charge in [0.25, 0.3) is 0 Å². The molecule has 1 aromatic carbocycles. The van der Waals surface area contributed by atoms with Gasteiger partial charge in [-0.05, 0) is 24.6 Å². The van der Waals surface area contributed by atoms with Crippen LogP contribution in [0.3, 0.4) is 0 Å². The van der Waals surface area contributed by atoms with E-state index in [1.54, 1.807) is 17.8 Å². The molecule has 0 saturated heterocycles. The van der Waals surface area contributed by atoms with Gasteiger partial charge in [-0.1, -0.05) is 17.7 Å². The highest BCUT2D eigenvalue weighted by molar-refractivity contribution is 6.30. The predicted octanol–water partition coefficient (Wildman–Crippen LogP) is 2.95. The number of Topliss-reactive ketones (excluding diaryl/α,β-unsaturated/α-hetero) is 1. The molecule has 0 N–H and O–H groups in total. The summed E-state index contributed by atoms with van der Waals surface area (Å²) in [6.07, 6.45) is 1.67. The summed E-state index contributed by atoms with van der Waals surface area (Å²) in [7, 11) is 1.77. The van der Waals surface area contributed by atoms with Crippen LogP contribution in [0.4, 0.5) is 4.39 Å². The van der Waals surface area contributed by atoms with Crippen molar-refractivity contribution in [1.82, 2.24) is 9.78 Å². The molecular formula is C13H12ClFN2O. The number of rotatable bonds is 3. The second-order valence-corrected chi connectivity index (χ2v) is 4.52. The standard InChI is InChI=1S/C13H12ClFN2O/c1-8-10(7-16-17(8)2)13(18)6-9-3-4-11(14)12(15)5-9/h3-5,7H,6H2,1-2H3. The molecule has 1 aromatic heterocycles. The molecule has 18 heavy (non-hydrogen) atoms. The SMILES string of the molecule is Cc1c(C(=O)Cc2ccc(Cl)c(F)c2)cnn1C. The van der Waals surface area contributed by atoms with Crippen LogP contribution < -0.4 is 0 Å². The van der Waals surface area contributed by atoms with Crippen molar-refractivity contribution in [3.8, 4) is 0 Å². The second kappa shape index (κ2) is 4.90. The highest BCUT2D eigenvalue weighted by Gasteiger charge is 2.14. The van der Waals surface area contributed by atoms with Gasteiger partial charge >= 0.3 is 0 Å². The smallest absolute Gasteiger partial charge is 0.170 e. The number of halogens is 2. The Hall–Kier alpha value is -1.68. The molecule has 3 nitrogen and oxygen atoms in total. The minimum Gasteiger partial charge on any atom is -0.294 e. The number of nitrogens with zero attached hydrogens (tertiary/aromatic N) is 2. The Bertz CT molecular complexity index is 607. The summed E-state index contributed by atoms with van der Waals surface area (Å²) in [5.41, 5.74) is 1.97. The first-order valence-electron chi connectivity index (χ1n) is 5.44. The van der Waals surface area contributed by atoms with E-state index < -0.39 is 5.82 Å². The highest BCUT2D eigenvalue weighted by Crippen LogP contribution is 2.17. The van der Waals surface area contributed by atoms with Crippen molar-refractivity contribution in [1.29, 1.82) is 0 Å². The quantitative estimate of drug-likeness (QED) is 0.801. The van der Waals surface area contributed by atoms with E-state index >= 15 is 0 Å². The first-order chi connectivity index (χ1) is 8.49. The minimum absolute atomic E-state index is 0.0590. The van der Waals surface area contributed by atoms with Crippen molar-refractivity contribution in [2.75, 3.05) is 0 Å². The third-order valence-electron chi connectivity index (χ3n) is 2.88. The van der Waals surface area contributed by atoms with Gasteiger partial charge in [0, 0.05) is 19.2 Å². The van der Waals surface area contributed by atoms with Crippen LogP contribution in [-0.4, -0.2) is 15.6 Å². The molecule has 0 aliphatic heterocycles. The lowest BCUT2D eigenvalue weighted by molar-refractivity contribution is 0.0992. The van der Waals surface area contributed by atoms with Gasteiger partial charge in [-0.25, -0.2) is 4.39 Å².